The van der Waals surface area contributed by atoms with Crippen molar-refractivity contribution in [2.45, 2.75) is 19.9 Å². The van der Waals surface area contributed by atoms with Crippen molar-refractivity contribution in [3.05, 3.63) is 18.0 Å². The second kappa shape index (κ2) is 5.50. The molecule has 0 aromatic carbocycles. The van der Waals surface area contributed by atoms with E-state index in [4.69, 9.17) is 0 Å². The van der Waals surface area contributed by atoms with E-state index in [1.54, 1.807) is 24.1 Å². The van der Waals surface area contributed by atoms with Crippen LogP contribution in [0.15, 0.2) is 12.4 Å². The normalized spacial score (nSPS) is 10.7. The van der Waals surface area contributed by atoms with E-state index >= 15 is 0 Å². The van der Waals surface area contributed by atoms with Crippen LogP contribution in [-0.4, -0.2) is 34.8 Å². The third kappa shape index (κ3) is 4.12. The molecule has 15 heavy (non-hydrogen) atoms. The highest BCUT2D eigenvalue weighted by molar-refractivity contribution is 5.93. The summed E-state index contributed by atoms with van der Waals surface area (Å²) >= 11 is 0. The van der Waals surface area contributed by atoms with Gasteiger partial charge in [-0.3, -0.25) is 9.48 Å². The molecule has 5 nitrogen and oxygen atoms in total. The van der Waals surface area contributed by atoms with Crippen molar-refractivity contribution in [3.63, 3.8) is 0 Å². The summed E-state index contributed by atoms with van der Waals surface area (Å²) in [7, 11) is 1.79. The van der Waals surface area contributed by atoms with Gasteiger partial charge in [0.2, 0.25) is 0 Å². The molecule has 0 aliphatic carbocycles. The van der Waals surface area contributed by atoms with Gasteiger partial charge < -0.3 is 10.6 Å². The smallest absolute Gasteiger partial charge is 0.254 e. The first-order valence-corrected chi connectivity index (χ1v) is 5.10. The Morgan fingerprint density at radius 1 is 1.53 bits per heavy atom. The molecule has 84 valence electrons. The second-order valence-corrected chi connectivity index (χ2v) is 3.77. The molecule has 1 amide bonds. The van der Waals surface area contributed by atoms with Crippen molar-refractivity contribution in [2.24, 2.45) is 7.05 Å². The number of carbonyl (C=O) groups is 1. The molecule has 0 unspecified atom stereocenters. The van der Waals surface area contributed by atoms with Gasteiger partial charge in [-0.25, -0.2) is 0 Å². The van der Waals surface area contributed by atoms with Gasteiger partial charge in [0.25, 0.3) is 5.91 Å². The molecule has 1 aromatic rings. The third-order valence-electron chi connectivity index (χ3n) is 1.93. The van der Waals surface area contributed by atoms with E-state index in [0.717, 1.165) is 6.54 Å². The summed E-state index contributed by atoms with van der Waals surface area (Å²) in [5.41, 5.74) is 0.599. The van der Waals surface area contributed by atoms with Crippen molar-refractivity contribution in [1.82, 2.24) is 20.4 Å². The van der Waals surface area contributed by atoms with Crippen molar-refractivity contribution < 1.29 is 4.79 Å². The lowest BCUT2D eigenvalue weighted by molar-refractivity contribution is 0.0953. The number of amides is 1. The molecule has 0 saturated heterocycles. The van der Waals surface area contributed by atoms with Crippen molar-refractivity contribution in [2.75, 3.05) is 13.1 Å². The average molecular weight is 210 g/mol. The van der Waals surface area contributed by atoms with Gasteiger partial charge in [-0.1, -0.05) is 13.8 Å². The van der Waals surface area contributed by atoms with E-state index < -0.39 is 0 Å². The van der Waals surface area contributed by atoms with E-state index in [0.29, 0.717) is 18.2 Å². The highest BCUT2D eigenvalue weighted by Gasteiger charge is 2.06. The number of aryl methyl sites for hydroxylation is 1. The first kappa shape index (κ1) is 11.7. The molecule has 0 spiro atoms. The fourth-order valence-electron chi connectivity index (χ4n) is 1.18. The maximum absolute atomic E-state index is 11.5. The SMILES string of the molecule is CC(C)NCCNC(=O)c1cnn(C)c1. The van der Waals surface area contributed by atoms with Crippen LogP contribution in [0.1, 0.15) is 24.2 Å². The number of carbonyl (C=O) groups excluding carboxylic acids is 1. The molecule has 0 aliphatic heterocycles. The van der Waals surface area contributed by atoms with Crippen LogP contribution in [0.5, 0.6) is 0 Å². The van der Waals surface area contributed by atoms with Crippen LogP contribution in [0.25, 0.3) is 0 Å². The van der Waals surface area contributed by atoms with Crippen LogP contribution in [0.4, 0.5) is 0 Å². The minimum atomic E-state index is -0.0753. The Bertz CT molecular complexity index is 319. The molecule has 1 heterocycles. The Kier molecular flexibility index (Phi) is 4.30. The fraction of sp³-hybridized carbons (Fsp3) is 0.600. The van der Waals surface area contributed by atoms with Gasteiger partial charge in [-0.05, 0) is 0 Å². The highest BCUT2D eigenvalue weighted by atomic mass is 16.1. The van der Waals surface area contributed by atoms with E-state index in [1.165, 1.54) is 0 Å². The zero-order valence-corrected chi connectivity index (χ0v) is 9.45. The van der Waals surface area contributed by atoms with Crippen molar-refractivity contribution >= 4 is 5.91 Å². The number of aromatic nitrogens is 2. The van der Waals surface area contributed by atoms with Crippen LogP contribution in [0.3, 0.4) is 0 Å². The number of nitrogens with zero attached hydrogens (tertiary/aromatic N) is 2. The minimum absolute atomic E-state index is 0.0753. The molecule has 0 saturated carbocycles. The Hall–Kier alpha value is -1.36. The molecule has 0 atom stereocenters. The van der Waals surface area contributed by atoms with E-state index in [-0.39, 0.29) is 5.91 Å². The van der Waals surface area contributed by atoms with Crippen LogP contribution in [0, 0.1) is 0 Å². The predicted molar refractivity (Wildman–Crippen MR) is 58.7 cm³/mol. The van der Waals surface area contributed by atoms with E-state index in [2.05, 4.69) is 29.6 Å². The molecule has 1 rings (SSSR count). The monoisotopic (exact) mass is 210 g/mol. The van der Waals surface area contributed by atoms with E-state index in [9.17, 15) is 4.79 Å². The van der Waals surface area contributed by atoms with Gasteiger partial charge in [-0.15, -0.1) is 0 Å². The lowest BCUT2D eigenvalue weighted by atomic mass is 10.3. The maximum Gasteiger partial charge on any atom is 0.254 e. The summed E-state index contributed by atoms with van der Waals surface area (Å²) in [5, 5.41) is 9.97. The predicted octanol–water partition coefficient (Wildman–Crippen LogP) is 0.148. The molecule has 0 radical (unpaired) electrons. The minimum Gasteiger partial charge on any atom is -0.351 e. The Morgan fingerprint density at radius 3 is 2.80 bits per heavy atom. The highest BCUT2D eigenvalue weighted by Crippen LogP contribution is 1.94. The largest absolute Gasteiger partial charge is 0.351 e. The van der Waals surface area contributed by atoms with Gasteiger partial charge in [0.1, 0.15) is 0 Å². The fourth-order valence-corrected chi connectivity index (χ4v) is 1.18. The van der Waals surface area contributed by atoms with Gasteiger partial charge in [0.05, 0.1) is 11.8 Å². The van der Waals surface area contributed by atoms with Crippen LogP contribution < -0.4 is 10.6 Å². The number of hydrogen-bond donors (Lipinski definition) is 2. The summed E-state index contributed by atoms with van der Waals surface area (Å²) in [6, 6.07) is 0.445. The van der Waals surface area contributed by atoms with Gasteiger partial charge in [0.15, 0.2) is 0 Å². The summed E-state index contributed by atoms with van der Waals surface area (Å²) < 4.78 is 1.61. The Balaban J connectivity index is 2.25. The van der Waals surface area contributed by atoms with E-state index in [1.807, 2.05) is 0 Å². The average Bonchev–Trinajstić information content (AvgIpc) is 2.59. The number of hydrogen-bond acceptors (Lipinski definition) is 3. The number of nitrogens with one attached hydrogen (secondary N) is 2. The summed E-state index contributed by atoms with van der Waals surface area (Å²) in [6.45, 7) is 5.56. The standard InChI is InChI=1S/C10H18N4O/c1-8(2)11-4-5-12-10(15)9-6-13-14(3)7-9/h6-8,11H,4-5H2,1-3H3,(H,12,15). The topological polar surface area (TPSA) is 58.9 Å². The third-order valence-corrected chi connectivity index (χ3v) is 1.93. The lowest BCUT2D eigenvalue weighted by Gasteiger charge is -2.08. The molecule has 5 heteroatoms. The maximum atomic E-state index is 11.5. The summed E-state index contributed by atoms with van der Waals surface area (Å²) in [6.07, 6.45) is 3.26. The zero-order valence-electron chi connectivity index (χ0n) is 9.45. The Morgan fingerprint density at radius 2 is 2.27 bits per heavy atom. The number of rotatable bonds is 5. The van der Waals surface area contributed by atoms with Crippen LogP contribution in [-0.2, 0) is 7.05 Å². The molecular formula is C10H18N4O. The first-order chi connectivity index (χ1) is 7.09. The van der Waals surface area contributed by atoms with Gasteiger partial charge >= 0.3 is 0 Å². The molecule has 0 bridgehead atoms. The summed E-state index contributed by atoms with van der Waals surface area (Å²) in [5.74, 6) is -0.0753. The van der Waals surface area contributed by atoms with Crippen LogP contribution >= 0.6 is 0 Å². The first-order valence-electron chi connectivity index (χ1n) is 5.10. The lowest BCUT2D eigenvalue weighted by Crippen LogP contribution is -2.34. The van der Waals surface area contributed by atoms with Crippen LogP contribution in [0.2, 0.25) is 0 Å². The quantitative estimate of drug-likeness (QED) is 0.680. The van der Waals surface area contributed by atoms with Gasteiger partial charge in [-0.2, -0.15) is 5.10 Å². The molecule has 0 fully saturated rings. The van der Waals surface area contributed by atoms with Crippen molar-refractivity contribution in [3.8, 4) is 0 Å². The Labute approximate surface area is 89.9 Å². The molecule has 0 aliphatic rings. The second-order valence-electron chi connectivity index (χ2n) is 3.77. The van der Waals surface area contributed by atoms with Crippen molar-refractivity contribution in [1.29, 1.82) is 0 Å². The van der Waals surface area contributed by atoms with Gasteiger partial charge in [0, 0.05) is 32.4 Å². The summed E-state index contributed by atoms with van der Waals surface area (Å²) in [4.78, 5) is 11.5. The molecular weight excluding hydrogens is 192 g/mol. The molecule has 2 N–H and O–H groups in total. The zero-order chi connectivity index (χ0) is 11.3. The molecule has 1 aromatic heterocycles.